The van der Waals surface area contributed by atoms with Gasteiger partial charge in [-0.3, -0.25) is 0 Å². The molecule has 0 unspecified atom stereocenters. The number of fused-ring (bicyclic) bond motifs is 7. The first kappa shape index (κ1) is 36.8. The predicted octanol–water partition coefficient (Wildman–Crippen LogP) is 16.2. The van der Waals surface area contributed by atoms with Gasteiger partial charge in [-0.1, -0.05) is 206 Å². The van der Waals surface area contributed by atoms with Gasteiger partial charge >= 0.3 is 0 Å². The number of rotatable bonds is 7. The van der Waals surface area contributed by atoms with Gasteiger partial charge in [0.2, 0.25) is 0 Å². The van der Waals surface area contributed by atoms with Crippen LogP contribution in [0.15, 0.2) is 224 Å². The highest BCUT2D eigenvalue weighted by Gasteiger charge is 2.18. The molecule has 3 nitrogen and oxygen atoms in total. The fourth-order valence-corrected chi connectivity index (χ4v) is 10.2. The van der Waals surface area contributed by atoms with E-state index < -0.39 is 0 Å². The van der Waals surface area contributed by atoms with E-state index in [1.807, 2.05) is 47.7 Å². The van der Waals surface area contributed by atoms with E-state index in [2.05, 4.69) is 188 Å². The third kappa shape index (κ3) is 6.65. The Morgan fingerprint density at radius 1 is 0.302 bits per heavy atom. The molecule has 0 atom stereocenters. The van der Waals surface area contributed by atoms with Gasteiger partial charge in [0, 0.05) is 58.6 Å². The van der Waals surface area contributed by atoms with Crippen LogP contribution in [-0.4, -0.2) is 15.0 Å². The minimum atomic E-state index is 0.718. The van der Waals surface area contributed by atoms with Gasteiger partial charge in [-0.15, -0.1) is 11.3 Å². The lowest BCUT2D eigenvalue weighted by Gasteiger charge is -2.11. The summed E-state index contributed by atoms with van der Waals surface area (Å²) in [6, 6.07) is 79.7. The van der Waals surface area contributed by atoms with Crippen LogP contribution >= 0.6 is 11.3 Å². The molecule has 12 rings (SSSR count). The van der Waals surface area contributed by atoms with E-state index >= 15 is 0 Å². The molecule has 12 aromatic rings. The van der Waals surface area contributed by atoms with Crippen LogP contribution in [0.25, 0.3) is 120 Å². The molecule has 0 amide bonds. The number of benzene rings is 9. The summed E-state index contributed by atoms with van der Waals surface area (Å²) in [5.74, 6) is 0.718. The van der Waals surface area contributed by atoms with Crippen molar-refractivity contribution in [1.29, 1.82) is 0 Å². The molecule has 0 N–H and O–H groups in total. The molecular formula is C59H37N3S. The predicted molar refractivity (Wildman–Crippen MR) is 266 cm³/mol. The van der Waals surface area contributed by atoms with Crippen LogP contribution in [0, 0.1) is 0 Å². The molecule has 0 radical (unpaired) electrons. The van der Waals surface area contributed by atoms with E-state index in [4.69, 9.17) is 15.0 Å². The average molecular weight is 820 g/mol. The molecule has 3 aromatic heterocycles. The first-order valence-corrected chi connectivity index (χ1v) is 22.1. The van der Waals surface area contributed by atoms with Gasteiger partial charge in [-0.05, 0) is 51.6 Å². The second kappa shape index (κ2) is 15.4. The monoisotopic (exact) mass is 819 g/mol. The molecule has 9 aromatic carbocycles. The van der Waals surface area contributed by atoms with Crippen molar-refractivity contribution in [2.45, 2.75) is 0 Å². The van der Waals surface area contributed by atoms with Gasteiger partial charge in [0.1, 0.15) is 0 Å². The topological polar surface area (TPSA) is 38.7 Å². The Balaban J connectivity index is 0.845. The summed E-state index contributed by atoms with van der Waals surface area (Å²) in [5.41, 5.74) is 15.3. The SMILES string of the molecule is c1ccc(-c2cc(-c3ccc(-c4ccc(-c5ccc(-c6cccc7c6sc6ccc8c(-c9ccccc9)nc9ccccc9c8c67)cc5)cc4)cc3)nc(-c3ccccc3)n2)cc1. The lowest BCUT2D eigenvalue weighted by molar-refractivity contribution is 1.18. The number of hydrogen-bond donors (Lipinski definition) is 0. The van der Waals surface area contributed by atoms with Crippen molar-refractivity contribution in [3.05, 3.63) is 224 Å². The summed E-state index contributed by atoms with van der Waals surface area (Å²) in [4.78, 5) is 15.2. The maximum atomic E-state index is 5.20. The molecular weight excluding hydrogens is 783 g/mol. The highest BCUT2D eigenvalue weighted by molar-refractivity contribution is 7.26. The van der Waals surface area contributed by atoms with Crippen LogP contribution in [0.4, 0.5) is 0 Å². The highest BCUT2D eigenvalue weighted by Crippen LogP contribution is 2.46. The summed E-state index contributed by atoms with van der Waals surface area (Å²) in [6.07, 6.45) is 0. The zero-order valence-electron chi connectivity index (χ0n) is 34.1. The lowest BCUT2D eigenvalue weighted by Crippen LogP contribution is -1.95. The van der Waals surface area contributed by atoms with Crippen molar-refractivity contribution in [2.24, 2.45) is 0 Å². The van der Waals surface area contributed by atoms with Gasteiger partial charge in [0.25, 0.3) is 0 Å². The minimum absolute atomic E-state index is 0.718. The van der Waals surface area contributed by atoms with Crippen molar-refractivity contribution in [1.82, 2.24) is 15.0 Å². The molecule has 0 aliphatic heterocycles. The van der Waals surface area contributed by atoms with Crippen molar-refractivity contribution in [3.8, 4) is 78.5 Å². The van der Waals surface area contributed by atoms with Crippen molar-refractivity contribution < 1.29 is 0 Å². The summed E-state index contributed by atoms with van der Waals surface area (Å²) in [5, 5.41) is 6.23. The smallest absolute Gasteiger partial charge is 0.160 e. The van der Waals surface area contributed by atoms with Crippen LogP contribution < -0.4 is 0 Å². The normalized spacial score (nSPS) is 11.5. The molecule has 0 fully saturated rings. The number of aromatic nitrogens is 3. The van der Waals surface area contributed by atoms with Crippen molar-refractivity contribution in [3.63, 3.8) is 0 Å². The van der Waals surface area contributed by atoms with E-state index in [0.29, 0.717) is 0 Å². The Morgan fingerprint density at radius 3 is 1.41 bits per heavy atom. The van der Waals surface area contributed by atoms with Crippen molar-refractivity contribution in [2.75, 3.05) is 0 Å². The fraction of sp³-hybridized carbons (Fsp3) is 0. The molecule has 0 saturated carbocycles. The Labute approximate surface area is 369 Å². The van der Waals surface area contributed by atoms with Gasteiger partial charge in [0.15, 0.2) is 5.82 Å². The Hall–Kier alpha value is -8.05. The van der Waals surface area contributed by atoms with Crippen LogP contribution in [-0.2, 0) is 0 Å². The standard InChI is InChI=1S/C59H37N3S/c1-4-13-43(14-5-1)52-37-53(62-59(61-52)46-17-8-3-9-18-46)44-33-29-41(30-34-44)39-25-23-38(24-26-39)40-27-31-42(32-28-40)47-20-12-21-50-56-54(63-58(47)50)36-35-49-55(56)48-19-10-11-22-51(48)60-57(49)45-15-6-2-7-16-45/h1-37H. The zero-order chi connectivity index (χ0) is 41.7. The Kier molecular flexibility index (Phi) is 9.02. The molecule has 0 saturated heterocycles. The molecule has 3 heterocycles. The Morgan fingerprint density at radius 2 is 0.794 bits per heavy atom. The number of nitrogens with zero attached hydrogens (tertiary/aromatic N) is 3. The van der Waals surface area contributed by atoms with E-state index in [1.54, 1.807) is 0 Å². The van der Waals surface area contributed by atoms with Crippen LogP contribution in [0.2, 0.25) is 0 Å². The lowest BCUT2D eigenvalue weighted by atomic mass is 9.95. The number of hydrogen-bond acceptors (Lipinski definition) is 4. The molecule has 63 heavy (non-hydrogen) atoms. The van der Waals surface area contributed by atoms with Crippen LogP contribution in [0.5, 0.6) is 0 Å². The maximum absolute atomic E-state index is 5.20. The number of para-hydroxylation sites is 1. The molecule has 0 bridgehead atoms. The maximum Gasteiger partial charge on any atom is 0.160 e. The third-order valence-corrected chi connectivity index (χ3v) is 13.3. The zero-order valence-corrected chi connectivity index (χ0v) is 34.9. The molecule has 0 spiro atoms. The van der Waals surface area contributed by atoms with Crippen LogP contribution in [0.1, 0.15) is 0 Å². The third-order valence-electron chi connectivity index (χ3n) is 12.1. The Bertz CT molecular complexity index is 3560. The first-order chi connectivity index (χ1) is 31.2. The quantitative estimate of drug-likeness (QED) is 0.150. The van der Waals surface area contributed by atoms with Gasteiger partial charge in [0.05, 0.1) is 22.6 Å². The largest absolute Gasteiger partial charge is 0.247 e. The number of pyridine rings is 1. The average Bonchev–Trinajstić information content (AvgIpc) is 3.76. The van der Waals surface area contributed by atoms with Crippen LogP contribution in [0.3, 0.4) is 0 Å². The van der Waals surface area contributed by atoms with E-state index in [9.17, 15) is 0 Å². The summed E-state index contributed by atoms with van der Waals surface area (Å²) in [6.45, 7) is 0. The van der Waals surface area contributed by atoms with Crippen molar-refractivity contribution >= 4 is 53.2 Å². The van der Waals surface area contributed by atoms with Gasteiger partial charge in [-0.2, -0.15) is 0 Å². The number of thiophene rings is 1. The first-order valence-electron chi connectivity index (χ1n) is 21.3. The molecule has 4 heteroatoms. The molecule has 0 aliphatic carbocycles. The summed E-state index contributed by atoms with van der Waals surface area (Å²) < 4.78 is 2.59. The second-order valence-corrected chi connectivity index (χ2v) is 17.0. The highest BCUT2D eigenvalue weighted by atomic mass is 32.1. The second-order valence-electron chi connectivity index (χ2n) is 15.9. The summed E-state index contributed by atoms with van der Waals surface area (Å²) >= 11 is 1.88. The molecule has 0 aliphatic rings. The van der Waals surface area contributed by atoms with E-state index in [0.717, 1.165) is 56.2 Å². The van der Waals surface area contributed by atoms with E-state index in [-0.39, 0.29) is 0 Å². The summed E-state index contributed by atoms with van der Waals surface area (Å²) in [7, 11) is 0. The fourth-order valence-electron chi connectivity index (χ4n) is 8.97. The molecule has 294 valence electrons. The van der Waals surface area contributed by atoms with Gasteiger partial charge in [-0.25, -0.2) is 15.0 Å². The van der Waals surface area contributed by atoms with Gasteiger partial charge < -0.3 is 0 Å². The minimum Gasteiger partial charge on any atom is -0.247 e. The van der Waals surface area contributed by atoms with E-state index in [1.165, 1.54) is 64.1 Å².